The minimum atomic E-state index is 0.0757. The SMILES string of the molecule is Cc1noc(CCC(=O)N2CC[C@H](c3nc(C)c4c(n3)N(CCC(C)C)C(=O)CC4)C2)n1. The van der Waals surface area contributed by atoms with Crippen LogP contribution in [0.2, 0.25) is 0 Å². The van der Waals surface area contributed by atoms with Crippen LogP contribution in [0.3, 0.4) is 0 Å². The molecule has 0 unspecified atom stereocenters. The summed E-state index contributed by atoms with van der Waals surface area (Å²) in [6.07, 6.45) is 3.76. The lowest BCUT2D eigenvalue weighted by molar-refractivity contribution is -0.130. The van der Waals surface area contributed by atoms with Crippen molar-refractivity contribution in [3.63, 3.8) is 0 Å². The minimum Gasteiger partial charge on any atom is -0.342 e. The molecular formula is C23H32N6O3. The summed E-state index contributed by atoms with van der Waals surface area (Å²) < 4.78 is 5.10. The van der Waals surface area contributed by atoms with Crippen molar-refractivity contribution in [2.45, 2.75) is 72.1 Å². The van der Waals surface area contributed by atoms with Crippen molar-refractivity contribution in [3.8, 4) is 0 Å². The Kier molecular flexibility index (Phi) is 6.53. The first-order valence-electron chi connectivity index (χ1n) is 11.6. The van der Waals surface area contributed by atoms with Crippen molar-refractivity contribution in [3.05, 3.63) is 28.8 Å². The number of rotatable bonds is 7. The van der Waals surface area contributed by atoms with Crippen molar-refractivity contribution in [1.29, 1.82) is 0 Å². The molecule has 0 radical (unpaired) electrons. The molecule has 0 saturated carbocycles. The summed E-state index contributed by atoms with van der Waals surface area (Å²) in [6, 6.07) is 0. The Morgan fingerprint density at radius 2 is 2.00 bits per heavy atom. The number of aryl methyl sites for hydroxylation is 3. The van der Waals surface area contributed by atoms with Crippen LogP contribution in [0.1, 0.15) is 74.2 Å². The molecule has 9 heteroatoms. The van der Waals surface area contributed by atoms with Crippen LogP contribution >= 0.6 is 0 Å². The fraction of sp³-hybridized carbons (Fsp3) is 0.652. The van der Waals surface area contributed by atoms with Gasteiger partial charge < -0.3 is 9.42 Å². The number of amides is 2. The third-order valence-corrected chi connectivity index (χ3v) is 6.31. The Balaban J connectivity index is 1.45. The molecule has 2 aliphatic heterocycles. The highest BCUT2D eigenvalue weighted by molar-refractivity contribution is 5.95. The van der Waals surface area contributed by atoms with E-state index in [4.69, 9.17) is 14.5 Å². The molecule has 0 aliphatic carbocycles. The number of nitrogens with zero attached hydrogens (tertiary/aromatic N) is 6. The molecule has 2 aliphatic rings. The van der Waals surface area contributed by atoms with E-state index in [1.54, 1.807) is 6.92 Å². The fourth-order valence-electron chi connectivity index (χ4n) is 4.41. The van der Waals surface area contributed by atoms with Gasteiger partial charge in [-0.05, 0) is 39.0 Å². The first kappa shape index (κ1) is 22.4. The van der Waals surface area contributed by atoms with Crippen LogP contribution in [0.15, 0.2) is 4.52 Å². The summed E-state index contributed by atoms with van der Waals surface area (Å²) in [5, 5.41) is 3.77. The predicted molar refractivity (Wildman–Crippen MR) is 118 cm³/mol. The van der Waals surface area contributed by atoms with Crippen LogP contribution in [0.25, 0.3) is 0 Å². The van der Waals surface area contributed by atoms with Crippen molar-refractivity contribution < 1.29 is 14.1 Å². The van der Waals surface area contributed by atoms with E-state index < -0.39 is 0 Å². The van der Waals surface area contributed by atoms with Crippen LogP contribution < -0.4 is 4.90 Å². The van der Waals surface area contributed by atoms with E-state index in [9.17, 15) is 9.59 Å². The summed E-state index contributed by atoms with van der Waals surface area (Å²) in [4.78, 5) is 42.9. The molecule has 2 amide bonds. The van der Waals surface area contributed by atoms with Crippen molar-refractivity contribution in [1.82, 2.24) is 25.0 Å². The molecule has 0 aromatic carbocycles. The molecule has 2 aromatic heterocycles. The number of likely N-dealkylation sites (tertiary alicyclic amines) is 1. The zero-order valence-corrected chi connectivity index (χ0v) is 19.4. The first-order valence-corrected chi connectivity index (χ1v) is 11.6. The number of hydrogen-bond donors (Lipinski definition) is 0. The van der Waals surface area contributed by atoms with E-state index in [-0.39, 0.29) is 17.7 Å². The van der Waals surface area contributed by atoms with Gasteiger partial charge in [-0.1, -0.05) is 19.0 Å². The molecule has 1 atom stereocenters. The maximum atomic E-state index is 12.7. The second-order valence-corrected chi connectivity index (χ2v) is 9.26. The second-order valence-electron chi connectivity index (χ2n) is 9.26. The quantitative estimate of drug-likeness (QED) is 0.652. The van der Waals surface area contributed by atoms with Crippen LogP contribution in [0, 0.1) is 19.8 Å². The molecule has 9 nitrogen and oxygen atoms in total. The zero-order chi connectivity index (χ0) is 22.8. The van der Waals surface area contributed by atoms with Crippen LogP contribution in [-0.2, 0) is 22.4 Å². The third-order valence-electron chi connectivity index (χ3n) is 6.31. The van der Waals surface area contributed by atoms with Crippen molar-refractivity contribution >= 4 is 17.6 Å². The van der Waals surface area contributed by atoms with E-state index in [1.807, 2.05) is 16.7 Å². The Labute approximate surface area is 188 Å². The Morgan fingerprint density at radius 1 is 1.19 bits per heavy atom. The topological polar surface area (TPSA) is 105 Å². The number of carbonyl (C=O) groups excluding carboxylic acids is 2. The lowest BCUT2D eigenvalue weighted by Crippen LogP contribution is -2.38. The summed E-state index contributed by atoms with van der Waals surface area (Å²) >= 11 is 0. The number of carbonyl (C=O) groups is 2. The highest BCUT2D eigenvalue weighted by atomic mass is 16.5. The van der Waals surface area contributed by atoms with E-state index >= 15 is 0 Å². The van der Waals surface area contributed by atoms with Gasteiger partial charge in [-0.2, -0.15) is 4.98 Å². The van der Waals surface area contributed by atoms with E-state index in [1.165, 1.54) is 0 Å². The van der Waals surface area contributed by atoms with Crippen LogP contribution in [0.4, 0.5) is 5.82 Å². The van der Waals surface area contributed by atoms with Gasteiger partial charge >= 0.3 is 0 Å². The standard InChI is InChI=1S/C23H32N6O3/c1-14(2)9-12-29-21(31)7-5-18-15(3)24-22(26-23(18)29)17-10-11-28(13-17)20(30)8-6-19-25-16(4)27-32-19/h14,17H,5-13H2,1-4H3/t17-/m0/s1. The van der Waals surface area contributed by atoms with E-state index in [0.717, 1.165) is 35.7 Å². The number of fused-ring (bicyclic) bond motifs is 1. The molecule has 4 heterocycles. The lowest BCUT2D eigenvalue weighted by atomic mass is 10.0. The highest BCUT2D eigenvalue weighted by Crippen LogP contribution is 2.32. The van der Waals surface area contributed by atoms with Crippen molar-refractivity contribution in [2.75, 3.05) is 24.5 Å². The van der Waals surface area contributed by atoms with Gasteiger partial charge in [-0.15, -0.1) is 0 Å². The van der Waals surface area contributed by atoms with Gasteiger partial charge in [-0.25, -0.2) is 9.97 Å². The smallest absolute Gasteiger partial charge is 0.228 e. The monoisotopic (exact) mass is 440 g/mol. The summed E-state index contributed by atoms with van der Waals surface area (Å²) in [5.74, 6) is 3.40. The Bertz CT molecular complexity index is 1000. The molecule has 32 heavy (non-hydrogen) atoms. The van der Waals surface area contributed by atoms with Crippen LogP contribution in [0.5, 0.6) is 0 Å². The normalized spacial score (nSPS) is 18.5. The molecule has 2 aromatic rings. The maximum Gasteiger partial charge on any atom is 0.228 e. The maximum absolute atomic E-state index is 12.7. The molecule has 0 N–H and O–H groups in total. The fourth-order valence-corrected chi connectivity index (χ4v) is 4.41. The molecule has 0 bridgehead atoms. The van der Waals surface area contributed by atoms with Crippen molar-refractivity contribution in [2.24, 2.45) is 5.92 Å². The third kappa shape index (κ3) is 4.81. The number of hydrogen-bond acceptors (Lipinski definition) is 7. The minimum absolute atomic E-state index is 0.0757. The molecular weight excluding hydrogens is 408 g/mol. The largest absolute Gasteiger partial charge is 0.342 e. The summed E-state index contributed by atoms with van der Waals surface area (Å²) in [7, 11) is 0. The van der Waals surface area contributed by atoms with Gasteiger partial charge in [0.25, 0.3) is 0 Å². The second kappa shape index (κ2) is 9.34. The lowest BCUT2D eigenvalue weighted by Gasteiger charge is -2.30. The highest BCUT2D eigenvalue weighted by Gasteiger charge is 2.33. The molecule has 4 rings (SSSR count). The number of anilines is 1. The molecule has 172 valence electrons. The average Bonchev–Trinajstić information content (AvgIpc) is 3.40. The molecule has 1 fully saturated rings. The van der Waals surface area contributed by atoms with Gasteiger partial charge in [0.15, 0.2) is 5.82 Å². The Morgan fingerprint density at radius 3 is 2.72 bits per heavy atom. The zero-order valence-electron chi connectivity index (χ0n) is 19.4. The van der Waals surface area contributed by atoms with Gasteiger partial charge in [0.2, 0.25) is 17.7 Å². The van der Waals surface area contributed by atoms with Crippen LogP contribution in [-0.4, -0.2) is 56.5 Å². The van der Waals surface area contributed by atoms with Gasteiger partial charge in [0.05, 0.1) is 0 Å². The van der Waals surface area contributed by atoms with E-state index in [2.05, 4.69) is 24.0 Å². The van der Waals surface area contributed by atoms with E-state index in [0.29, 0.717) is 63.0 Å². The number of aromatic nitrogens is 4. The van der Waals surface area contributed by atoms with Gasteiger partial charge in [0, 0.05) is 56.1 Å². The Hall–Kier alpha value is -2.84. The van der Waals surface area contributed by atoms with Gasteiger partial charge in [-0.3, -0.25) is 14.5 Å². The summed E-state index contributed by atoms with van der Waals surface area (Å²) in [5.41, 5.74) is 2.03. The first-order chi connectivity index (χ1) is 15.3. The molecule has 1 saturated heterocycles. The molecule has 0 spiro atoms. The average molecular weight is 441 g/mol. The predicted octanol–water partition coefficient (Wildman–Crippen LogP) is 2.75. The summed E-state index contributed by atoms with van der Waals surface area (Å²) in [6.45, 7) is 10.1. The van der Waals surface area contributed by atoms with Gasteiger partial charge in [0.1, 0.15) is 11.6 Å².